The van der Waals surface area contributed by atoms with Gasteiger partial charge in [0.25, 0.3) is 0 Å². The highest BCUT2D eigenvalue weighted by molar-refractivity contribution is 4.89. The average molecular weight is 264 g/mol. The van der Waals surface area contributed by atoms with Crippen molar-refractivity contribution in [2.24, 2.45) is 11.7 Å². The summed E-state index contributed by atoms with van der Waals surface area (Å²) in [6.45, 7) is -0.230. The molecule has 2 unspecified atom stereocenters. The van der Waals surface area contributed by atoms with E-state index in [1.54, 1.807) is 4.90 Å². The summed E-state index contributed by atoms with van der Waals surface area (Å²) in [6, 6.07) is 0.240. The van der Waals surface area contributed by atoms with Crippen molar-refractivity contribution in [1.82, 2.24) is 4.90 Å². The number of hydrogen-bond donors (Lipinski definition) is 1. The molecule has 2 fully saturated rings. The van der Waals surface area contributed by atoms with Crippen LogP contribution in [-0.2, 0) is 0 Å². The molecule has 2 rings (SSSR count). The van der Waals surface area contributed by atoms with Gasteiger partial charge in [0.05, 0.1) is 6.54 Å². The molecule has 5 heteroatoms. The predicted octanol–water partition coefficient (Wildman–Crippen LogP) is 2.92. The Bertz CT molecular complexity index is 263. The molecule has 2 N–H and O–H groups in total. The summed E-state index contributed by atoms with van der Waals surface area (Å²) >= 11 is 0. The summed E-state index contributed by atoms with van der Waals surface area (Å²) in [5.41, 5.74) is 6.10. The van der Waals surface area contributed by atoms with Crippen LogP contribution in [0.1, 0.15) is 44.9 Å². The van der Waals surface area contributed by atoms with Gasteiger partial charge in [0.2, 0.25) is 0 Å². The van der Waals surface area contributed by atoms with Gasteiger partial charge in [-0.05, 0) is 31.6 Å². The topological polar surface area (TPSA) is 29.3 Å². The molecule has 2 aliphatic rings. The van der Waals surface area contributed by atoms with Gasteiger partial charge >= 0.3 is 6.18 Å². The predicted molar refractivity (Wildman–Crippen MR) is 65.2 cm³/mol. The molecule has 2 aliphatic carbocycles. The van der Waals surface area contributed by atoms with E-state index in [4.69, 9.17) is 5.73 Å². The van der Waals surface area contributed by atoms with Gasteiger partial charge in [0.1, 0.15) is 0 Å². The molecule has 0 amide bonds. The van der Waals surface area contributed by atoms with Crippen molar-refractivity contribution in [3.05, 3.63) is 0 Å². The Morgan fingerprint density at radius 1 is 1.00 bits per heavy atom. The van der Waals surface area contributed by atoms with Gasteiger partial charge in [0.15, 0.2) is 0 Å². The third-order valence-electron chi connectivity index (χ3n) is 4.13. The third kappa shape index (κ3) is 4.43. The van der Waals surface area contributed by atoms with Crippen LogP contribution in [0, 0.1) is 5.92 Å². The minimum atomic E-state index is -4.09. The van der Waals surface area contributed by atoms with Crippen molar-refractivity contribution in [1.29, 1.82) is 0 Å². The van der Waals surface area contributed by atoms with Gasteiger partial charge in [-0.2, -0.15) is 13.2 Å². The van der Waals surface area contributed by atoms with Crippen LogP contribution < -0.4 is 5.73 Å². The first kappa shape index (κ1) is 14.1. The first-order valence-corrected chi connectivity index (χ1v) is 7.02. The zero-order valence-electron chi connectivity index (χ0n) is 10.8. The van der Waals surface area contributed by atoms with Gasteiger partial charge in [-0.15, -0.1) is 0 Å². The monoisotopic (exact) mass is 264 g/mol. The van der Waals surface area contributed by atoms with Crippen molar-refractivity contribution < 1.29 is 13.2 Å². The maximum Gasteiger partial charge on any atom is 0.401 e. The third-order valence-corrected chi connectivity index (χ3v) is 4.13. The number of alkyl halides is 3. The number of nitrogens with two attached hydrogens (primary N) is 1. The fourth-order valence-corrected chi connectivity index (χ4v) is 2.95. The quantitative estimate of drug-likeness (QED) is 0.791. The molecule has 0 aliphatic heterocycles. The van der Waals surface area contributed by atoms with Crippen LogP contribution in [0.5, 0.6) is 0 Å². The average Bonchev–Trinajstić information content (AvgIpc) is 3.05. The van der Waals surface area contributed by atoms with E-state index in [1.807, 2.05) is 0 Å². The molecular weight excluding hydrogens is 241 g/mol. The van der Waals surface area contributed by atoms with Gasteiger partial charge < -0.3 is 5.73 Å². The van der Waals surface area contributed by atoms with Crippen molar-refractivity contribution >= 4 is 0 Å². The SMILES string of the molecule is NC1CCCCCC1CN(CC(F)(F)F)C1CC1. The smallest absolute Gasteiger partial charge is 0.327 e. The molecule has 0 aromatic rings. The standard InChI is InChI=1S/C13H23F3N2/c14-13(15,16)9-18(11-6-7-11)8-10-4-2-1-3-5-12(10)17/h10-12H,1-9,17H2. The Morgan fingerprint density at radius 3 is 2.28 bits per heavy atom. The summed E-state index contributed by atoms with van der Waals surface area (Å²) in [6.07, 6.45) is 3.11. The lowest BCUT2D eigenvalue weighted by Crippen LogP contribution is -2.43. The molecule has 106 valence electrons. The maximum atomic E-state index is 12.6. The Kier molecular flexibility index (Phi) is 4.54. The normalized spacial score (nSPS) is 30.5. The summed E-state index contributed by atoms with van der Waals surface area (Å²) in [5, 5.41) is 0. The Balaban J connectivity index is 1.90. The first-order chi connectivity index (χ1) is 8.46. The van der Waals surface area contributed by atoms with E-state index in [0.29, 0.717) is 6.54 Å². The highest BCUT2D eigenvalue weighted by atomic mass is 19.4. The highest BCUT2D eigenvalue weighted by Crippen LogP contribution is 2.32. The second-order valence-electron chi connectivity index (χ2n) is 5.84. The summed E-state index contributed by atoms with van der Waals surface area (Å²) in [4.78, 5) is 1.62. The number of halogens is 3. The summed E-state index contributed by atoms with van der Waals surface area (Å²) in [5.74, 6) is 0.246. The zero-order chi connectivity index (χ0) is 13.2. The molecule has 0 aromatic heterocycles. The molecule has 2 nitrogen and oxygen atoms in total. The van der Waals surface area contributed by atoms with Crippen molar-refractivity contribution in [2.45, 2.75) is 63.2 Å². The van der Waals surface area contributed by atoms with Gasteiger partial charge in [-0.1, -0.05) is 19.3 Å². The molecule has 0 heterocycles. The number of hydrogen-bond acceptors (Lipinski definition) is 2. The van der Waals surface area contributed by atoms with Crippen LogP contribution >= 0.6 is 0 Å². The minimum absolute atomic E-state index is 0.0852. The number of nitrogens with zero attached hydrogens (tertiary/aromatic N) is 1. The van der Waals surface area contributed by atoms with E-state index in [1.165, 1.54) is 6.42 Å². The molecule has 0 saturated heterocycles. The largest absolute Gasteiger partial charge is 0.401 e. The second-order valence-corrected chi connectivity index (χ2v) is 5.84. The molecular formula is C13H23F3N2. The van der Waals surface area contributed by atoms with Crippen molar-refractivity contribution in [3.63, 3.8) is 0 Å². The van der Waals surface area contributed by atoms with Gasteiger partial charge in [0, 0.05) is 18.6 Å². The van der Waals surface area contributed by atoms with E-state index >= 15 is 0 Å². The van der Waals surface area contributed by atoms with Gasteiger partial charge in [-0.3, -0.25) is 4.90 Å². The Labute approximate surface area is 107 Å². The number of rotatable bonds is 4. The first-order valence-electron chi connectivity index (χ1n) is 7.02. The molecule has 18 heavy (non-hydrogen) atoms. The van der Waals surface area contributed by atoms with E-state index in [9.17, 15) is 13.2 Å². The lowest BCUT2D eigenvalue weighted by molar-refractivity contribution is -0.148. The highest BCUT2D eigenvalue weighted by Gasteiger charge is 2.39. The summed E-state index contributed by atoms with van der Waals surface area (Å²) in [7, 11) is 0. The van der Waals surface area contributed by atoms with Crippen LogP contribution in [0.15, 0.2) is 0 Å². The van der Waals surface area contributed by atoms with Crippen molar-refractivity contribution in [3.8, 4) is 0 Å². The van der Waals surface area contributed by atoms with Crippen LogP contribution in [0.4, 0.5) is 13.2 Å². The Morgan fingerprint density at radius 2 is 1.67 bits per heavy atom. The fraction of sp³-hybridized carbons (Fsp3) is 1.00. The molecule has 2 atom stereocenters. The van der Waals surface area contributed by atoms with E-state index in [-0.39, 0.29) is 18.0 Å². The van der Waals surface area contributed by atoms with Crippen LogP contribution in [0.25, 0.3) is 0 Å². The fourth-order valence-electron chi connectivity index (χ4n) is 2.95. The molecule has 0 aromatic carbocycles. The maximum absolute atomic E-state index is 12.6. The van der Waals surface area contributed by atoms with Crippen LogP contribution in [0.3, 0.4) is 0 Å². The second kappa shape index (κ2) is 5.78. The van der Waals surface area contributed by atoms with Crippen molar-refractivity contribution in [2.75, 3.05) is 13.1 Å². The molecule has 0 bridgehead atoms. The molecule has 0 spiro atoms. The van der Waals surface area contributed by atoms with E-state index < -0.39 is 12.7 Å². The zero-order valence-corrected chi connectivity index (χ0v) is 10.8. The minimum Gasteiger partial charge on any atom is -0.327 e. The lowest BCUT2D eigenvalue weighted by Gasteiger charge is -2.30. The van der Waals surface area contributed by atoms with E-state index in [0.717, 1.165) is 38.5 Å². The molecule has 2 saturated carbocycles. The lowest BCUT2D eigenvalue weighted by atomic mass is 9.95. The van der Waals surface area contributed by atoms with Crippen LogP contribution in [0.2, 0.25) is 0 Å². The Hall–Kier alpha value is -0.290. The van der Waals surface area contributed by atoms with Crippen LogP contribution in [-0.4, -0.2) is 36.2 Å². The summed E-state index contributed by atoms with van der Waals surface area (Å²) < 4.78 is 37.7. The van der Waals surface area contributed by atoms with E-state index in [2.05, 4.69) is 0 Å². The molecule has 0 radical (unpaired) electrons. The van der Waals surface area contributed by atoms with Gasteiger partial charge in [-0.25, -0.2) is 0 Å².